The van der Waals surface area contributed by atoms with Crippen LogP contribution in [0.1, 0.15) is 284 Å². The van der Waals surface area contributed by atoms with E-state index >= 15 is 0 Å². The van der Waals surface area contributed by atoms with E-state index in [1.165, 1.54) is 173 Å². The molecule has 2 heterocycles. The molecular weight excluding hydrogens is 1160 g/mol. The van der Waals surface area contributed by atoms with Gasteiger partial charge in [-0.05, 0) is 83.5 Å². The lowest BCUT2D eigenvalue weighted by Gasteiger charge is -2.46. The summed E-state index contributed by atoms with van der Waals surface area (Å²) in [6, 6.07) is -0.949. The van der Waals surface area contributed by atoms with Gasteiger partial charge in [0.25, 0.3) is 0 Å². The maximum absolute atomic E-state index is 13.3. The van der Waals surface area contributed by atoms with Gasteiger partial charge in [0.15, 0.2) is 12.6 Å². The van der Waals surface area contributed by atoms with Gasteiger partial charge in [0.2, 0.25) is 5.91 Å². The Kier molecular flexibility index (Phi) is 56.4. The third-order valence-electron chi connectivity index (χ3n) is 17.5. The van der Waals surface area contributed by atoms with E-state index in [1.807, 2.05) is 6.08 Å². The van der Waals surface area contributed by atoms with E-state index in [9.17, 15) is 45.6 Å². The molecule has 0 saturated carbocycles. The molecule has 1 amide bonds. The van der Waals surface area contributed by atoms with Crippen molar-refractivity contribution in [1.82, 2.24) is 5.32 Å². The van der Waals surface area contributed by atoms with E-state index in [2.05, 4.69) is 116 Å². The molecule has 14 nitrogen and oxygen atoms in total. The summed E-state index contributed by atoms with van der Waals surface area (Å²) in [6.07, 6.45) is 71.5. The van der Waals surface area contributed by atoms with Crippen LogP contribution in [0.25, 0.3) is 0 Å². The van der Waals surface area contributed by atoms with E-state index in [0.29, 0.717) is 6.42 Å². The van der Waals surface area contributed by atoms with Gasteiger partial charge in [-0.15, -0.1) is 0 Å². The van der Waals surface area contributed by atoms with Crippen LogP contribution in [0, 0.1) is 0 Å². The molecule has 0 aromatic heterocycles. The average molecular weight is 1290 g/mol. The van der Waals surface area contributed by atoms with Gasteiger partial charge in [-0.25, -0.2) is 0 Å². The second kappa shape index (κ2) is 61.3. The van der Waals surface area contributed by atoms with Crippen molar-refractivity contribution in [3.05, 3.63) is 109 Å². The molecule has 0 aliphatic carbocycles. The lowest BCUT2D eigenvalue weighted by Crippen LogP contribution is -2.65. The molecule has 2 aliphatic rings. The summed E-state index contributed by atoms with van der Waals surface area (Å²) < 4.78 is 22.9. The van der Waals surface area contributed by atoms with Crippen molar-refractivity contribution in [2.45, 2.75) is 357 Å². The van der Waals surface area contributed by atoms with Crippen LogP contribution in [0.3, 0.4) is 0 Å². The predicted molar refractivity (Wildman–Crippen MR) is 378 cm³/mol. The van der Waals surface area contributed by atoms with Crippen molar-refractivity contribution in [3.8, 4) is 0 Å². The van der Waals surface area contributed by atoms with Crippen molar-refractivity contribution in [2.75, 3.05) is 19.8 Å². The maximum atomic E-state index is 13.3. The van der Waals surface area contributed by atoms with Crippen LogP contribution in [0.15, 0.2) is 109 Å². The van der Waals surface area contributed by atoms with E-state index < -0.39 is 86.8 Å². The van der Waals surface area contributed by atoms with Crippen LogP contribution in [-0.4, -0.2) is 140 Å². The van der Waals surface area contributed by atoms with Gasteiger partial charge in [0, 0.05) is 6.42 Å². The van der Waals surface area contributed by atoms with Crippen LogP contribution in [-0.2, 0) is 23.7 Å². The summed E-state index contributed by atoms with van der Waals surface area (Å²) >= 11 is 0. The Labute approximate surface area is 559 Å². The molecule has 12 unspecified atom stereocenters. The van der Waals surface area contributed by atoms with Crippen LogP contribution in [0.5, 0.6) is 0 Å². The third-order valence-corrected chi connectivity index (χ3v) is 17.5. The van der Waals surface area contributed by atoms with Crippen LogP contribution < -0.4 is 5.32 Å². The number of unbranched alkanes of at least 4 members (excludes halogenated alkanes) is 31. The van der Waals surface area contributed by atoms with Crippen LogP contribution in [0.2, 0.25) is 0 Å². The van der Waals surface area contributed by atoms with E-state index in [1.54, 1.807) is 6.08 Å². The first-order valence-corrected chi connectivity index (χ1v) is 37.1. The molecular formula is C78H135NO13. The van der Waals surface area contributed by atoms with Gasteiger partial charge in [0.1, 0.15) is 48.8 Å². The molecule has 2 fully saturated rings. The molecule has 0 spiro atoms. The first-order valence-electron chi connectivity index (χ1n) is 37.1. The highest BCUT2D eigenvalue weighted by Crippen LogP contribution is 2.30. The molecule has 14 heteroatoms. The molecule has 9 N–H and O–H groups in total. The van der Waals surface area contributed by atoms with E-state index in [0.717, 1.165) is 83.5 Å². The standard InChI is InChI=1S/C78H135NO13/c1-3-5-7-9-11-13-15-17-19-21-23-25-27-29-31-32-33-34-36-37-39-41-43-45-47-49-51-53-55-57-59-61-67(82)66(65-89-77-75(88)73(86)76(69(64-81)91-77)92-78-74(87)72(85)71(84)68(63-80)90-78)79-70(83)62-60-58-56-54-52-50-48-46-44-42-40-38-35-30-28-26-24-22-20-18-16-14-12-10-8-6-4-2/h6,8,12,14,18,20,24,26,30,35,40,42,46,48,52,54,59,61,66-69,71-78,80-82,84-88H,3-5,7,9-11,13,15-17,19,21-23,25,27-29,31-34,36-39,41,43-45,47,49-51,53,55-58,60,62-65H2,1-2H3,(H,79,83)/b8-6-,14-12-,20-18-,26-24-,35-30-,42-40-,48-46-,54-52-,61-59+. The predicted octanol–water partition coefficient (Wildman–Crippen LogP) is 15.9. The molecule has 2 saturated heterocycles. The zero-order valence-corrected chi connectivity index (χ0v) is 57.8. The highest BCUT2D eigenvalue weighted by Gasteiger charge is 2.51. The zero-order valence-electron chi connectivity index (χ0n) is 57.8. The first-order chi connectivity index (χ1) is 45.1. The number of nitrogens with one attached hydrogen (secondary N) is 1. The Hall–Kier alpha value is -3.35. The van der Waals surface area contributed by atoms with Crippen LogP contribution >= 0.6 is 0 Å². The zero-order chi connectivity index (χ0) is 66.6. The van der Waals surface area contributed by atoms with Gasteiger partial charge in [-0.2, -0.15) is 0 Å². The van der Waals surface area contributed by atoms with Crippen LogP contribution in [0.4, 0.5) is 0 Å². The second-order valence-corrected chi connectivity index (χ2v) is 25.7. The maximum Gasteiger partial charge on any atom is 0.220 e. The molecule has 2 aliphatic heterocycles. The first kappa shape index (κ1) is 84.7. The van der Waals surface area contributed by atoms with Gasteiger partial charge >= 0.3 is 0 Å². The molecule has 2 rings (SSSR count). The number of rotatable bonds is 60. The summed E-state index contributed by atoms with van der Waals surface area (Å²) in [5, 5.41) is 87.5. The second-order valence-electron chi connectivity index (χ2n) is 25.7. The number of allylic oxidation sites excluding steroid dienone is 17. The van der Waals surface area contributed by atoms with E-state index in [4.69, 9.17) is 18.9 Å². The largest absolute Gasteiger partial charge is 0.394 e. The Bertz CT molecular complexity index is 1960. The number of hydrogen-bond donors (Lipinski definition) is 9. The van der Waals surface area contributed by atoms with Gasteiger partial charge < -0.3 is 65.1 Å². The number of aliphatic hydroxyl groups is 8. The topological polar surface area (TPSA) is 228 Å². The Morgan fingerprint density at radius 3 is 1.15 bits per heavy atom. The summed E-state index contributed by atoms with van der Waals surface area (Å²) in [4.78, 5) is 13.3. The van der Waals surface area contributed by atoms with Gasteiger partial charge in [-0.1, -0.05) is 303 Å². The Morgan fingerprint density at radius 1 is 0.402 bits per heavy atom. The Morgan fingerprint density at radius 2 is 0.750 bits per heavy atom. The fourth-order valence-electron chi connectivity index (χ4n) is 11.6. The third kappa shape index (κ3) is 44.4. The van der Waals surface area contributed by atoms with Crippen molar-refractivity contribution in [3.63, 3.8) is 0 Å². The average Bonchev–Trinajstić information content (AvgIpc) is 0.882. The monoisotopic (exact) mass is 1290 g/mol. The molecule has 0 aromatic rings. The van der Waals surface area contributed by atoms with Crippen molar-refractivity contribution in [2.24, 2.45) is 0 Å². The number of ether oxygens (including phenoxy) is 4. The van der Waals surface area contributed by atoms with Crippen molar-refractivity contribution >= 4 is 5.91 Å². The highest BCUT2D eigenvalue weighted by molar-refractivity contribution is 5.76. The Balaban J connectivity index is 1.69. The molecule has 92 heavy (non-hydrogen) atoms. The lowest BCUT2D eigenvalue weighted by molar-refractivity contribution is -0.359. The molecule has 0 radical (unpaired) electrons. The SMILES string of the molecule is CC/C=C\C/C=C\C/C=C\C/C=C\C/C=C\C/C=C\C/C=C\C/C=C\CCCCC(=O)NC(COC1OC(CO)C(OC2OC(CO)C(O)C(O)C2O)C(O)C1O)C(O)/C=C/CCCCCCCCCCCCCCCCCCCCCCCCCCCCCCC. The number of amides is 1. The highest BCUT2D eigenvalue weighted by atomic mass is 16.7. The molecule has 530 valence electrons. The number of carbonyl (C=O) groups excluding carboxylic acids is 1. The lowest BCUT2D eigenvalue weighted by atomic mass is 9.97. The fourth-order valence-corrected chi connectivity index (χ4v) is 11.6. The van der Waals surface area contributed by atoms with E-state index in [-0.39, 0.29) is 18.9 Å². The minimum absolute atomic E-state index is 0.219. The summed E-state index contributed by atoms with van der Waals surface area (Å²) in [7, 11) is 0. The van der Waals surface area contributed by atoms with Crippen molar-refractivity contribution in [1.29, 1.82) is 0 Å². The normalized spacial score (nSPS) is 23.3. The van der Waals surface area contributed by atoms with Crippen molar-refractivity contribution < 1.29 is 64.6 Å². The number of carbonyl (C=O) groups is 1. The minimum Gasteiger partial charge on any atom is -0.394 e. The number of aliphatic hydroxyl groups excluding tert-OH is 8. The molecule has 0 aromatic carbocycles. The molecule has 0 bridgehead atoms. The fraction of sp³-hybridized carbons (Fsp3) is 0.756. The number of hydrogen-bond acceptors (Lipinski definition) is 13. The summed E-state index contributed by atoms with van der Waals surface area (Å²) in [6.45, 7) is 2.68. The minimum atomic E-state index is -1.80. The quantitative estimate of drug-likeness (QED) is 0.0204. The molecule has 12 atom stereocenters. The summed E-state index contributed by atoms with van der Waals surface area (Å²) in [5.74, 6) is -0.283. The van der Waals surface area contributed by atoms with Gasteiger partial charge in [-0.3, -0.25) is 4.79 Å². The van der Waals surface area contributed by atoms with Gasteiger partial charge in [0.05, 0.1) is 32.0 Å². The summed E-state index contributed by atoms with van der Waals surface area (Å²) in [5.41, 5.74) is 0. The smallest absolute Gasteiger partial charge is 0.220 e.